The Bertz CT molecular complexity index is 968. The van der Waals surface area contributed by atoms with Crippen molar-refractivity contribution in [2.75, 3.05) is 44.5 Å². The molecular formula is C28H42N2O10S2. The number of carbonyl (C=O) groups excluding carboxylic acids is 7. The monoisotopic (exact) mass is 630 g/mol. The molecule has 0 radical (unpaired) electrons. The van der Waals surface area contributed by atoms with Crippen molar-refractivity contribution in [2.45, 2.75) is 76.9 Å². The van der Waals surface area contributed by atoms with E-state index in [9.17, 15) is 33.6 Å². The van der Waals surface area contributed by atoms with Crippen molar-refractivity contribution < 1.29 is 47.9 Å². The Labute approximate surface area is 256 Å². The number of rotatable bonds is 16. The average molecular weight is 631 g/mol. The van der Waals surface area contributed by atoms with E-state index in [4.69, 9.17) is 14.3 Å². The number of carbonyl (C=O) groups is 7. The maximum absolute atomic E-state index is 12.7. The van der Waals surface area contributed by atoms with Gasteiger partial charge in [0.25, 0.3) is 11.8 Å². The molecule has 3 rings (SSSR count). The SMILES string of the molecule is CC(=O)CCOCCS.CC(=O)CCOCCSC1CC(=O)N(CC2CCC(C(=O)ON3C(=O)CCC3=O)CC2)C1=O. The Morgan fingerprint density at radius 3 is 1.95 bits per heavy atom. The highest BCUT2D eigenvalue weighted by Gasteiger charge is 2.41. The van der Waals surface area contributed by atoms with Gasteiger partial charge in [-0.1, -0.05) is 0 Å². The van der Waals surface area contributed by atoms with Gasteiger partial charge in [0.05, 0.1) is 37.6 Å². The molecule has 14 heteroatoms. The van der Waals surface area contributed by atoms with Gasteiger partial charge in [-0.25, -0.2) is 4.79 Å². The summed E-state index contributed by atoms with van der Waals surface area (Å²) in [6.07, 6.45) is 3.53. The average Bonchev–Trinajstić information content (AvgIpc) is 3.40. The number of Topliss-reactive ketones (excluding diaryl/α,β-unsaturated/α-hetero) is 2. The number of imide groups is 2. The van der Waals surface area contributed by atoms with Crippen molar-refractivity contribution in [3.8, 4) is 0 Å². The van der Waals surface area contributed by atoms with E-state index >= 15 is 0 Å². The van der Waals surface area contributed by atoms with Crippen molar-refractivity contribution in [1.82, 2.24) is 9.96 Å². The highest BCUT2D eigenvalue weighted by molar-refractivity contribution is 8.00. The first-order valence-electron chi connectivity index (χ1n) is 14.3. The zero-order valence-electron chi connectivity index (χ0n) is 24.4. The van der Waals surface area contributed by atoms with Gasteiger partial charge in [-0.2, -0.15) is 12.6 Å². The van der Waals surface area contributed by atoms with E-state index in [0.29, 0.717) is 82.3 Å². The van der Waals surface area contributed by atoms with Crippen LogP contribution in [0.1, 0.15) is 71.6 Å². The van der Waals surface area contributed by atoms with Gasteiger partial charge in [0, 0.05) is 50.2 Å². The molecule has 0 N–H and O–H groups in total. The Morgan fingerprint density at radius 2 is 1.40 bits per heavy atom. The van der Waals surface area contributed by atoms with Gasteiger partial charge in [-0.15, -0.1) is 16.8 Å². The number of ketones is 2. The van der Waals surface area contributed by atoms with Crippen LogP contribution in [0.25, 0.3) is 0 Å². The third kappa shape index (κ3) is 12.5. The lowest BCUT2D eigenvalue weighted by Gasteiger charge is -2.30. The van der Waals surface area contributed by atoms with E-state index < -0.39 is 29.0 Å². The van der Waals surface area contributed by atoms with E-state index in [2.05, 4.69) is 12.6 Å². The molecule has 0 aromatic carbocycles. The summed E-state index contributed by atoms with van der Waals surface area (Å²) in [6, 6.07) is 0. The third-order valence-electron chi connectivity index (χ3n) is 6.99. The normalized spacial score (nSPS) is 22.3. The van der Waals surface area contributed by atoms with E-state index in [1.165, 1.54) is 23.6 Å². The lowest BCUT2D eigenvalue weighted by molar-refractivity contribution is -0.201. The molecule has 1 atom stereocenters. The van der Waals surface area contributed by atoms with Crippen LogP contribution in [0.15, 0.2) is 0 Å². The second-order valence-electron chi connectivity index (χ2n) is 10.5. The minimum absolute atomic E-state index is 0.0584. The maximum atomic E-state index is 12.7. The third-order valence-corrected chi connectivity index (χ3v) is 8.35. The lowest BCUT2D eigenvalue weighted by Crippen LogP contribution is -2.39. The molecule has 0 bridgehead atoms. The summed E-state index contributed by atoms with van der Waals surface area (Å²) in [5, 5.41) is 0.165. The van der Waals surface area contributed by atoms with Crippen LogP contribution >= 0.6 is 24.4 Å². The minimum Gasteiger partial charge on any atom is -0.380 e. The zero-order valence-corrected chi connectivity index (χ0v) is 26.1. The summed E-state index contributed by atoms with van der Waals surface area (Å²) in [4.78, 5) is 88.2. The first-order valence-corrected chi connectivity index (χ1v) is 16.0. The standard InChI is InChI=1S/C22H30N2O8S.C6H12O2S/c1-14(25)8-9-31-10-11-33-17-12-20(28)23(21(17)29)13-15-2-4-16(5-3-15)22(30)32-24-18(26)6-7-19(24)27;1-6(7)2-3-8-4-5-9/h15-17H,2-13H2,1H3;9H,2-5H2,1H3. The Balaban J connectivity index is 0.000000592. The second kappa shape index (κ2) is 19.1. The van der Waals surface area contributed by atoms with E-state index in [1.807, 2.05) is 0 Å². The largest absolute Gasteiger partial charge is 0.380 e. The van der Waals surface area contributed by atoms with Crippen molar-refractivity contribution in [2.24, 2.45) is 11.8 Å². The summed E-state index contributed by atoms with van der Waals surface area (Å²) in [7, 11) is 0. The van der Waals surface area contributed by atoms with Gasteiger partial charge in [0.1, 0.15) is 11.6 Å². The molecule has 236 valence electrons. The summed E-state index contributed by atoms with van der Waals surface area (Å²) in [5.74, 6) is -0.688. The molecule has 4 amide bonds. The number of hydrogen-bond acceptors (Lipinski definition) is 12. The number of nitrogens with zero attached hydrogens (tertiary/aromatic N) is 2. The molecule has 1 aliphatic carbocycles. The molecule has 2 saturated heterocycles. The molecule has 0 spiro atoms. The molecule has 1 unspecified atom stereocenters. The number of ether oxygens (including phenoxy) is 2. The van der Waals surface area contributed by atoms with Crippen LogP contribution < -0.4 is 0 Å². The maximum Gasteiger partial charge on any atom is 0.336 e. The van der Waals surface area contributed by atoms with Gasteiger partial charge < -0.3 is 14.3 Å². The fourth-order valence-corrected chi connectivity index (χ4v) is 5.74. The predicted molar refractivity (Wildman–Crippen MR) is 156 cm³/mol. The predicted octanol–water partition coefficient (Wildman–Crippen LogP) is 2.17. The molecule has 42 heavy (non-hydrogen) atoms. The highest BCUT2D eigenvalue weighted by atomic mass is 32.2. The molecular weight excluding hydrogens is 588 g/mol. The number of thioether (sulfide) groups is 1. The smallest absolute Gasteiger partial charge is 0.336 e. The summed E-state index contributed by atoms with van der Waals surface area (Å²) < 4.78 is 10.4. The summed E-state index contributed by atoms with van der Waals surface area (Å²) >= 11 is 5.33. The van der Waals surface area contributed by atoms with Crippen LogP contribution in [-0.4, -0.2) is 101 Å². The quantitative estimate of drug-likeness (QED) is 0.152. The Morgan fingerprint density at radius 1 is 0.833 bits per heavy atom. The summed E-state index contributed by atoms with van der Waals surface area (Å²) in [6.45, 7) is 5.36. The van der Waals surface area contributed by atoms with E-state index in [1.54, 1.807) is 6.92 Å². The van der Waals surface area contributed by atoms with Crippen LogP contribution in [0.3, 0.4) is 0 Å². The van der Waals surface area contributed by atoms with Gasteiger partial charge >= 0.3 is 5.97 Å². The second-order valence-corrected chi connectivity index (χ2v) is 12.2. The molecule has 3 fully saturated rings. The number of likely N-dealkylation sites (tertiary alicyclic amines) is 1. The number of hydroxylamine groups is 2. The molecule has 1 saturated carbocycles. The van der Waals surface area contributed by atoms with Crippen molar-refractivity contribution in [3.63, 3.8) is 0 Å². The molecule has 0 aromatic rings. The van der Waals surface area contributed by atoms with Crippen LogP contribution in [0.4, 0.5) is 0 Å². The fourth-order valence-electron chi connectivity index (χ4n) is 4.59. The van der Waals surface area contributed by atoms with Crippen LogP contribution in [0.5, 0.6) is 0 Å². The molecule has 12 nitrogen and oxygen atoms in total. The topological polar surface area (TPSA) is 154 Å². The molecule has 2 aliphatic heterocycles. The number of hydrogen-bond donors (Lipinski definition) is 1. The first kappa shape index (κ1) is 35.9. The van der Waals surface area contributed by atoms with Crippen molar-refractivity contribution in [3.05, 3.63) is 0 Å². The first-order chi connectivity index (χ1) is 20.0. The number of amides is 4. The van der Waals surface area contributed by atoms with Gasteiger partial charge in [0.2, 0.25) is 11.8 Å². The van der Waals surface area contributed by atoms with Crippen LogP contribution in [0.2, 0.25) is 0 Å². The Kier molecular flexibility index (Phi) is 16.3. The van der Waals surface area contributed by atoms with Crippen LogP contribution in [0, 0.1) is 11.8 Å². The molecule has 3 aliphatic rings. The van der Waals surface area contributed by atoms with Crippen molar-refractivity contribution in [1.29, 1.82) is 0 Å². The Hall–Kier alpha value is -2.29. The van der Waals surface area contributed by atoms with E-state index in [-0.39, 0.29) is 48.6 Å². The zero-order chi connectivity index (χ0) is 31.1. The van der Waals surface area contributed by atoms with Gasteiger partial charge in [0.15, 0.2) is 0 Å². The minimum atomic E-state index is -0.577. The van der Waals surface area contributed by atoms with Crippen LogP contribution in [-0.2, 0) is 47.9 Å². The summed E-state index contributed by atoms with van der Waals surface area (Å²) in [5.41, 5.74) is 0. The highest BCUT2D eigenvalue weighted by Crippen LogP contribution is 2.33. The lowest BCUT2D eigenvalue weighted by atomic mass is 9.82. The van der Waals surface area contributed by atoms with E-state index in [0.717, 1.165) is 5.75 Å². The number of thiol groups is 1. The molecule has 2 heterocycles. The van der Waals surface area contributed by atoms with Gasteiger partial charge in [-0.05, 0) is 45.4 Å². The van der Waals surface area contributed by atoms with Crippen molar-refractivity contribution >= 4 is 65.6 Å². The fraction of sp³-hybridized carbons (Fsp3) is 0.750. The molecule has 0 aromatic heterocycles. The van der Waals surface area contributed by atoms with Gasteiger partial charge in [-0.3, -0.25) is 33.7 Å².